The van der Waals surface area contributed by atoms with Gasteiger partial charge in [-0.1, -0.05) is 0 Å². The SMILES string of the molecule is O=C(CC12CC3CC(CC(C3)C1)C2)NCCS(=O)(=O)N1CCN(C(=O)c2ccco2)CC1. The highest BCUT2D eigenvalue weighted by atomic mass is 32.2. The van der Waals surface area contributed by atoms with Gasteiger partial charge in [0.2, 0.25) is 15.9 Å². The Morgan fingerprint density at radius 2 is 1.66 bits per heavy atom. The quantitative estimate of drug-likeness (QED) is 0.667. The van der Waals surface area contributed by atoms with Crippen LogP contribution in [0.1, 0.15) is 55.5 Å². The zero-order valence-corrected chi connectivity index (χ0v) is 19.3. The summed E-state index contributed by atoms with van der Waals surface area (Å²) in [4.78, 5) is 26.6. The molecule has 4 bridgehead atoms. The molecule has 5 fully saturated rings. The average Bonchev–Trinajstić information content (AvgIpc) is 3.26. The van der Waals surface area contributed by atoms with Crippen molar-refractivity contribution in [3.8, 4) is 0 Å². The Kier molecular flexibility index (Phi) is 5.82. The van der Waals surface area contributed by atoms with E-state index in [0.717, 1.165) is 17.8 Å². The van der Waals surface area contributed by atoms with E-state index in [-0.39, 0.29) is 48.4 Å². The number of nitrogens with zero attached hydrogens (tertiary/aromatic N) is 2. The van der Waals surface area contributed by atoms with E-state index in [0.29, 0.717) is 19.5 Å². The van der Waals surface area contributed by atoms with Crippen LogP contribution >= 0.6 is 0 Å². The summed E-state index contributed by atoms with van der Waals surface area (Å²) in [6.07, 6.45) is 9.55. The highest BCUT2D eigenvalue weighted by Gasteiger charge is 2.51. The minimum Gasteiger partial charge on any atom is -0.459 e. The molecule has 1 saturated heterocycles. The molecule has 2 amide bonds. The number of furan rings is 1. The maximum absolute atomic E-state index is 12.7. The van der Waals surface area contributed by atoms with E-state index in [4.69, 9.17) is 4.42 Å². The van der Waals surface area contributed by atoms with Gasteiger partial charge in [0.15, 0.2) is 5.76 Å². The van der Waals surface area contributed by atoms with Gasteiger partial charge in [-0.25, -0.2) is 8.42 Å². The first-order valence-corrected chi connectivity index (χ1v) is 13.5. The Morgan fingerprint density at radius 1 is 1.03 bits per heavy atom. The van der Waals surface area contributed by atoms with Gasteiger partial charge in [-0.05, 0) is 73.8 Å². The summed E-state index contributed by atoms with van der Waals surface area (Å²) in [5.41, 5.74) is 0.161. The van der Waals surface area contributed by atoms with Gasteiger partial charge in [0.25, 0.3) is 5.91 Å². The predicted molar refractivity (Wildman–Crippen MR) is 118 cm³/mol. The standard InChI is InChI=1S/C23H33N3O5S/c27-21(16-23-13-17-10-18(14-23)12-19(11-17)15-23)24-3-9-32(29,30)26-6-4-25(5-7-26)22(28)20-2-1-8-31-20/h1-2,8,17-19H,3-7,9-16H2,(H,24,27). The van der Waals surface area contributed by atoms with Gasteiger partial charge in [0, 0.05) is 39.1 Å². The second-order valence-electron chi connectivity index (χ2n) is 10.4. The van der Waals surface area contributed by atoms with Gasteiger partial charge < -0.3 is 14.6 Å². The summed E-state index contributed by atoms with van der Waals surface area (Å²) in [7, 11) is -3.48. The summed E-state index contributed by atoms with van der Waals surface area (Å²) in [6.45, 7) is 1.32. The molecule has 32 heavy (non-hydrogen) atoms. The van der Waals surface area contributed by atoms with Crippen molar-refractivity contribution in [2.24, 2.45) is 23.2 Å². The van der Waals surface area contributed by atoms with E-state index in [9.17, 15) is 18.0 Å². The zero-order chi connectivity index (χ0) is 22.3. The smallest absolute Gasteiger partial charge is 0.289 e. The van der Waals surface area contributed by atoms with Crippen LogP contribution in [-0.2, 0) is 14.8 Å². The lowest BCUT2D eigenvalue weighted by molar-refractivity contribution is -0.129. The molecule has 8 nitrogen and oxygen atoms in total. The molecular formula is C23H33N3O5S. The molecular weight excluding hydrogens is 430 g/mol. The van der Waals surface area contributed by atoms with Crippen molar-refractivity contribution in [1.82, 2.24) is 14.5 Å². The number of carbonyl (C=O) groups is 2. The topological polar surface area (TPSA) is 99.9 Å². The Hall–Kier alpha value is -1.87. The summed E-state index contributed by atoms with van der Waals surface area (Å²) in [5.74, 6) is 2.34. The van der Waals surface area contributed by atoms with Crippen molar-refractivity contribution in [2.75, 3.05) is 38.5 Å². The second kappa shape index (κ2) is 8.48. The van der Waals surface area contributed by atoms with Crippen LogP contribution in [0.15, 0.2) is 22.8 Å². The van der Waals surface area contributed by atoms with Crippen LogP contribution in [0.3, 0.4) is 0 Å². The van der Waals surface area contributed by atoms with Crippen LogP contribution < -0.4 is 5.32 Å². The van der Waals surface area contributed by atoms with Crippen molar-refractivity contribution in [1.29, 1.82) is 0 Å². The third-order valence-electron chi connectivity index (χ3n) is 8.03. The molecule has 176 valence electrons. The molecule has 0 spiro atoms. The Bertz CT molecular complexity index is 915. The van der Waals surface area contributed by atoms with Crippen molar-refractivity contribution in [2.45, 2.75) is 44.9 Å². The van der Waals surface area contributed by atoms with E-state index in [1.54, 1.807) is 17.0 Å². The molecule has 1 aromatic heterocycles. The lowest BCUT2D eigenvalue weighted by Crippen LogP contribution is -2.51. The first-order valence-electron chi connectivity index (χ1n) is 11.9. The van der Waals surface area contributed by atoms with Gasteiger partial charge in [0.05, 0.1) is 12.0 Å². The Morgan fingerprint density at radius 3 is 2.22 bits per heavy atom. The van der Waals surface area contributed by atoms with Crippen LogP contribution in [0.5, 0.6) is 0 Å². The number of piperazine rings is 1. The maximum Gasteiger partial charge on any atom is 0.289 e. The third-order valence-corrected chi connectivity index (χ3v) is 9.91. The predicted octanol–water partition coefficient (Wildman–Crippen LogP) is 2.09. The maximum atomic E-state index is 12.7. The fourth-order valence-corrected chi connectivity index (χ4v) is 8.42. The van der Waals surface area contributed by atoms with Crippen LogP contribution in [0.2, 0.25) is 0 Å². The lowest BCUT2D eigenvalue weighted by atomic mass is 9.49. The number of rotatable bonds is 7. The summed E-state index contributed by atoms with van der Waals surface area (Å²) < 4.78 is 32.0. The summed E-state index contributed by atoms with van der Waals surface area (Å²) in [6, 6.07) is 3.27. The van der Waals surface area contributed by atoms with Crippen molar-refractivity contribution >= 4 is 21.8 Å². The Balaban J connectivity index is 1.07. The first kappa shape index (κ1) is 21.9. The van der Waals surface area contributed by atoms with E-state index in [1.165, 1.54) is 49.1 Å². The first-order chi connectivity index (χ1) is 15.3. The molecule has 0 aromatic carbocycles. The van der Waals surface area contributed by atoms with Gasteiger partial charge >= 0.3 is 0 Å². The van der Waals surface area contributed by atoms with Crippen molar-refractivity contribution < 1.29 is 22.4 Å². The minimum absolute atomic E-state index is 0.00369. The average molecular weight is 464 g/mol. The fraction of sp³-hybridized carbons (Fsp3) is 0.739. The monoisotopic (exact) mass is 463 g/mol. The zero-order valence-electron chi connectivity index (χ0n) is 18.5. The van der Waals surface area contributed by atoms with Crippen molar-refractivity contribution in [3.05, 3.63) is 24.2 Å². The van der Waals surface area contributed by atoms with Crippen LogP contribution in [0.25, 0.3) is 0 Å². The number of carbonyl (C=O) groups excluding carboxylic acids is 2. The molecule has 0 radical (unpaired) electrons. The lowest BCUT2D eigenvalue weighted by Gasteiger charge is -2.56. The third kappa shape index (κ3) is 4.46. The highest BCUT2D eigenvalue weighted by Crippen LogP contribution is 2.61. The molecule has 1 aromatic rings. The molecule has 1 N–H and O–H groups in total. The molecule has 0 unspecified atom stereocenters. The van der Waals surface area contributed by atoms with Gasteiger partial charge in [-0.2, -0.15) is 4.31 Å². The van der Waals surface area contributed by atoms with E-state index >= 15 is 0 Å². The number of nitrogens with one attached hydrogen (secondary N) is 1. The molecule has 9 heteroatoms. The van der Waals surface area contributed by atoms with E-state index < -0.39 is 10.0 Å². The minimum atomic E-state index is -3.48. The number of hydrogen-bond acceptors (Lipinski definition) is 5. The summed E-state index contributed by atoms with van der Waals surface area (Å²) in [5, 5.41) is 2.88. The number of hydrogen-bond donors (Lipinski definition) is 1. The number of amides is 2. The molecule has 5 aliphatic rings. The normalized spacial score (nSPS) is 32.2. The van der Waals surface area contributed by atoms with Crippen LogP contribution in [-0.4, -0.2) is 67.9 Å². The molecule has 4 saturated carbocycles. The Labute approximate surface area is 189 Å². The molecule has 4 aliphatic carbocycles. The molecule has 0 atom stereocenters. The second-order valence-corrected chi connectivity index (χ2v) is 12.5. The molecule has 6 rings (SSSR count). The molecule has 2 heterocycles. The van der Waals surface area contributed by atoms with Crippen LogP contribution in [0.4, 0.5) is 0 Å². The van der Waals surface area contributed by atoms with Gasteiger partial charge in [-0.15, -0.1) is 0 Å². The van der Waals surface area contributed by atoms with Crippen LogP contribution in [0, 0.1) is 23.2 Å². The van der Waals surface area contributed by atoms with E-state index in [2.05, 4.69) is 5.32 Å². The van der Waals surface area contributed by atoms with Gasteiger partial charge in [-0.3, -0.25) is 9.59 Å². The molecule has 1 aliphatic heterocycles. The van der Waals surface area contributed by atoms with Crippen molar-refractivity contribution in [3.63, 3.8) is 0 Å². The van der Waals surface area contributed by atoms with E-state index in [1.807, 2.05) is 0 Å². The highest BCUT2D eigenvalue weighted by molar-refractivity contribution is 7.89. The largest absolute Gasteiger partial charge is 0.459 e. The summed E-state index contributed by atoms with van der Waals surface area (Å²) >= 11 is 0. The van der Waals surface area contributed by atoms with Gasteiger partial charge in [0.1, 0.15) is 0 Å². The fourth-order valence-electron chi connectivity index (χ4n) is 7.08. The number of sulfonamides is 1.